The highest BCUT2D eigenvalue weighted by molar-refractivity contribution is 5.93. The molecule has 1 aromatic rings. The van der Waals surface area contributed by atoms with Crippen LogP contribution in [-0.2, 0) is 14.3 Å². The molecule has 198 valence electrons. The molecule has 0 saturated heterocycles. The van der Waals surface area contributed by atoms with Gasteiger partial charge in [-0.15, -0.1) is 0 Å². The van der Waals surface area contributed by atoms with Gasteiger partial charge in [-0.05, 0) is 69.7 Å². The summed E-state index contributed by atoms with van der Waals surface area (Å²) >= 11 is 0. The van der Waals surface area contributed by atoms with Crippen LogP contribution in [0.5, 0.6) is 5.75 Å². The van der Waals surface area contributed by atoms with Gasteiger partial charge in [-0.25, -0.2) is 4.79 Å². The number of aryl methyl sites for hydroxylation is 1. The molecule has 0 aliphatic heterocycles. The monoisotopic (exact) mass is 499 g/mol. The maximum Gasteiger partial charge on any atom is 0.408 e. The number of hydrogen-bond acceptors (Lipinski definition) is 5. The predicted molar refractivity (Wildman–Crippen MR) is 139 cm³/mol. The van der Waals surface area contributed by atoms with Crippen molar-refractivity contribution in [3.63, 3.8) is 0 Å². The second kappa shape index (κ2) is 12.7. The Morgan fingerprint density at radius 3 is 2.39 bits per heavy atom. The number of terminal acetylenes is 1. The van der Waals surface area contributed by atoms with Gasteiger partial charge in [0.05, 0.1) is 0 Å². The third-order valence-corrected chi connectivity index (χ3v) is 6.52. The van der Waals surface area contributed by atoms with Gasteiger partial charge in [-0.2, -0.15) is 0 Å². The number of benzene rings is 1. The van der Waals surface area contributed by atoms with Crippen molar-refractivity contribution in [3.05, 3.63) is 29.3 Å². The molecule has 1 aliphatic rings. The summed E-state index contributed by atoms with van der Waals surface area (Å²) in [5, 5.41) is 15.8. The highest BCUT2D eigenvalue weighted by Crippen LogP contribution is 2.28. The van der Waals surface area contributed by atoms with Gasteiger partial charge in [0.15, 0.2) is 0 Å². The topological polar surface area (TPSA) is 108 Å². The summed E-state index contributed by atoms with van der Waals surface area (Å²) in [6.07, 6.45) is 10.6. The van der Waals surface area contributed by atoms with Crippen molar-refractivity contribution in [2.45, 2.75) is 104 Å². The third-order valence-electron chi connectivity index (χ3n) is 6.52. The summed E-state index contributed by atoms with van der Waals surface area (Å²) in [5.74, 6) is -1.16. The molecule has 3 amide bonds. The Morgan fingerprint density at radius 1 is 1.22 bits per heavy atom. The number of ether oxygens (including phenoxy) is 1. The van der Waals surface area contributed by atoms with Crippen molar-refractivity contribution in [1.29, 1.82) is 0 Å². The quantitative estimate of drug-likeness (QED) is 0.359. The predicted octanol–water partition coefficient (Wildman–Crippen LogP) is 4.55. The van der Waals surface area contributed by atoms with Crippen LogP contribution in [0.15, 0.2) is 18.2 Å². The number of aromatic hydroxyl groups is 1. The first-order valence-electron chi connectivity index (χ1n) is 12.8. The van der Waals surface area contributed by atoms with Crippen molar-refractivity contribution >= 4 is 17.9 Å². The Kier molecular flexibility index (Phi) is 10.2. The number of carbonyl (C=O) groups excluding carboxylic acids is 3. The van der Waals surface area contributed by atoms with Crippen molar-refractivity contribution in [3.8, 4) is 18.2 Å². The molecular formula is C28H41N3O5. The molecule has 3 unspecified atom stereocenters. The van der Waals surface area contributed by atoms with Crippen LogP contribution in [0.1, 0.15) is 90.3 Å². The first-order chi connectivity index (χ1) is 16.9. The summed E-state index contributed by atoms with van der Waals surface area (Å²) in [6.45, 7) is 10.6. The van der Waals surface area contributed by atoms with Crippen LogP contribution in [-0.4, -0.2) is 45.6 Å². The van der Waals surface area contributed by atoms with Crippen molar-refractivity contribution in [1.82, 2.24) is 15.5 Å². The first kappa shape index (κ1) is 29.0. The highest BCUT2D eigenvalue weighted by Gasteiger charge is 2.38. The van der Waals surface area contributed by atoms with Crippen LogP contribution in [0.25, 0.3) is 0 Å². The van der Waals surface area contributed by atoms with E-state index >= 15 is 0 Å². The standard InChI is InChI=1S/C28H41N3O5/c1-8-18(3)23(30-27(35)36-28(5,6)7)26(34)31(9-2)24(20-15-16-22(32)19(4)17-20)25(33)29-21-13-11-10-12-14-21/h2,15-18,21,23-24,32H,8,10-14H2,1,3-7H3,(H,29,33)(H,30,35). The lowest BCUT2D eigenvalue weighted by Gasteiger charge is -2.33. The van der Waals surface area contributed by atoms with Gasteiger partial charge in [0, 0.05) is 12.1 Å². The normalized spacial score (nSPS) is 16.7. The van der Waals surface area contributed by atoms with E-state index in [1.807, 2.05) is 13.8 Å². The summed E-state index contributed by atoms with van der Waals surface area (Å²) in [6, 6.07) is 5.00. The molecule has 0 aromatic heterocycles. The van der Waals surface area contributed by atoms with Crippen LogP contribution in [0, 0.1) is 25.3 Å². The molecule has 3 atom stereocenters. The van der Waals surface area contributed by atoms with Crippen LogP contribution in [0.2, 0.25) is 0 Å². The third kappa shape index (κ3) is 7.91. The van der Waals surface area contributed by atoms with E-state index in [4.69, 9.17) is 11.2 Å². The minimum absolute atomic E-state index is 0.00643. The maximum absolute atomic E-state index is 13.8. The highest BCUT2D eigenvalue weighted by atomic mass is 16.6. The lowest BCUT2D eigenvalue weighted by atomic mass is 9.93. The molecule has 3 N–H and O–H groups in total. The van der Waals surface area contributed by atoms with E-state index in [2.05, 4.69) is 16.7 Å². The summed E-state index contributed by atoms with van der Waals surface area (Å²) in [4.78, 5) is 41.0. The van der Waals surface area contributed by atoms with E-state index < -0.39 is 35.6 Å². The lowest BCUT2D eigenvalue weighted by Crippen LogP contribution is -2.54. The van der Waals surface area contributed by atoms with Crippen molar-refractivity contribution in [2.75, 3.05) is 0 Å². The molecular weight excluding hydrogens is 458 g/mol. The Labute approximate surface area is 215 Å². The molecule has 2 rings (SSSR count). The lowest BCUT2D eigenvalue weighted by molar-refractivity contribution is -0.139. The zero-order valence-corrected chi connectivity index (χ0v) is 22.4. The second-order valence-corrected chi connectivity index (χ2v) is 10.6. The van der Waals surface area contributed by atoms with E-state index in [-0.39, 0.29) is 17.7 Å². The molecule has 0 bridgehead atoms. The number of nitrogens with one attached hydrogen (secondary N) is 2. The molecule has 1 fully saturated rings. The van der Waals surface area contributed by atoms with Gasteiger partial charge < -0.3 is 20.5 Å². The number of phenols is 1. The van der Waals surface area contributed by atoms with E-state index in [0.717, 1.165) is 37.0 Å². The Balaban J connectivity index is 2.44. The van der Waals surface area contributed by atoms with Gasteiger partial charge in [0.25, 0.3) is 5.91 Å². The van der Waals surface area contributed by atoms with Gasteiger partial charge >= 0.3 is 6.09 Å². The average molecular weight is 500 g/mol. The molecule has 0 radical (unpaired) electrons. The molecule has 1 aliphatic carbocycles. The Bertz CT molecular complexity index is 972. The molecule has 8 nitrogen and oxygen atoms in total. The number of rotatable bonds is 8. The molecule has 0 heterocycles. The molecule has 36 heavy (non-hydrogen) atoms. The van der Waals surface area contributed by atoms with Crippen LogP contribution in [0.4, 0.5) is 4.79 Å². The second-order valence-electron chi connectivity index (χ2n) is 10.6. The first-order valence-corrected chi connectivity index (χ1v) is 12.8. The number of hydrogen-bond donors (Lipinski definition) is 3. The summed E-state index contributed by atoms with van der Waals surface area (Å²) in [7, 11) is 0. The van der Waals surface area contributed by atoms with Crippen LogP contribution >= 0.6 is 0 Å². The van der Waals surface area contributed by atoms with Gasteiger partial charge in [-0.1, -0.05) is 52.0 Å². The van der Waals surface area contributed by atoms with E-state index in [1.54, 1.807) is 39.8 Å². The minimum atomic E-state index is -1.13. The smallest absolute Gasteiger partial charge is 0.408 e. The van der Waals surface area contributed by atoms with Crippen molar-refractivity contribution < 1.29 is 24.2 Å². The van der Waals surface area contributed by atoms with Crippen molar-refractivity contribution in [2.24, 2.45) is 5.92 Å². The summed E-state index contributed by atoms with van der Waals surface area (Å²) in [5.41, 5.74) is 0.285. The zero-order chi connectivity index (χ0) is 27.0. The van der Waals surface area contributed by atoms with Crippen LogP contribution in [0.3, 0.4) is 0 Å². The number of alkyl carbamates (subject to hydrolysis) is 1. The average Bonchev–Trinajstić information content (AvgIpc) is 2.81. The van der Waals surface area contributed by atoms with E-state index in [1.165, 1.54) is 6.07 Å². The largest absolute Gasteiger partial charge is 0.508 e. The number of nitrogens with zero attached hydrogens (tertiary/aromatic N) is 1. The number of carbonyl (C=O) groups is 3. The van der Waals surface area contributed by atoms with Gasteiger partial charge in [0.2, 0.25) is 5.91 Å². The molecule has 0 spiro atoms. The molecule has 1 aromatic carbocycles. The molecule has 8 heteroatoms. The number of amides is 3. The SMILES string of the molecule is C#CN(C(=O)C(NC(=O)OC(C)(C)C)C(C)CC)C(C(=O)NC1CCCCC1)c1ccc(O)c(C)c1. The van der Waals surface area contributed by atoms with Gasteiger partial charge in [-0.3, -0.25) is 14.5 Å². The van der Waals surface area contributed by atoms with E-state index in [0.29, 0.717) is 17.5 Å². The van der Waals surface area contributed by atoms with Gasteiger partial charge in [0.1, 0.15) is 23.4 Å². The fraction of sp³-hybridized carbons (Fsp3) is 0.607. The fourth-order valence-electron chi connectivity index (χ4n) is 4.33. The number of phenolic OH excluding ortho intramolecular Hbond substituents is 1. The molecule has 1 saturated carbocycles. The Morgan fingerprint density at radius 2 is 1.86 bits per heavy atom. The minimum Gasteiger partial charge on any atom is -0.508 e. The zero-order valence-electron chi connectivity index (χ0n) is 22.4. The maximum atomic E-state index is 13.8. The fourth-order valence-corrected chi connectivity index (χ4v) is 4.33. The van der Waals surface area contributed by atoms with Crippen LogP contribution < -0.4 is 10.6 Å². The Hall–Kier alpha value is -3.21. The summed E-state index contributed by atoms with van der Waals surface area (Å²) < 4.78 is 5.37. The van der Waals surface area contributed by atoms with E-state index in [9.17, 15) is 19.5 Å².